The van der Waals surface area contributed by atoms with Crippen LogP contribution in [0.1, 0.15) is 19.4 Å². The summed E-state index contributed by atoms with van der Waals surface area (Å²) in [5.74, 6) is 0. The van der Waals surface area contributed by atoms with Crippen molar-refractivity contribution in [3.63, 3.8) is 0 Å². The molecular formula is C14H18N2O3S. The number of aliphatic hydroxyl groups is 1. The van der Waals surface area contributed by atoms with Crippen molar-refractivity contribution >= 4 is 20.9 Å². The Kier molecular flexibility index (Phi) is 3.82. The van der Waals surface area contributed by atoms with Gasteiger partial charge in [-0.25, -0.2) is 13.1 Å². The average Bonchev–Trinajstić information content (AvgIpc) is 2.36. The topological polar surface area (TPSA) is 79.3 Å². The van der Waals surface area contributed by atoms with Crippen LogP contribution in [0.2, 0.25) is 0 Å². The number of hydrogen-bond acceptors (Lipinski definition) is 4. The minimum Gasteiger partial charge on any atom is -0.389 e. The van der Waals surface area contributed by atoms with E-state index in [4.69, 9.17) is 0 Å². The van der Waals surface area contributed by atoms with Crippen molar-refractivity contribution in [1.82, 2.24) is 9.71 Å². The van der Waals surface area contributed by atoms with E-state index < -0.39 is 15.6 Å². The van der Waals surface area contributed by atoms with Crippen LogP contribution >= 0.6 is 0 Å². The van der Waals surface area contributed by atoms with Gasteiger partial charge in [0, 0.05) is 18.1 Å². The number of aryl methyl sites for hydroxylation is 1. The fraction of sp³-hybridized carbons (Fsp3) is 0.357. The third-order valence-electron chi connectivity index (χ3n) is 2.92. The van der Waals surface area contributed by atoms with E-state index in [-0.39, 0.29) is 11.4 Å². The summed E-state index contributed by atoms with van der Waals surface area (Å²) in [5, 5.41) is 10.2. The number of fused-ring (bicyclic) bond motifs is 1. The number of nitrogens with one attached hydrogen (secondary N) is 1. The van der Waals surface area contributed by atoms with Crippen molar-refractivity contribution in [1.29, 1.82) is 0 Å². The fourth-order valence-electron chi connectivity index (χ4n) is 1.87. The number of benzene rings is 1. The summed E-state index contributed by atoms with van der Waals surface area (Å²) < 4.78 is 27.1. The SMILES string of the molecule is Cc1ccc(S(=O)(=O)NCC(C)(C)O)c2cccnc12. The molecule has 0 aliphatic carbocycles. The molecule has 2 N–H and O–H groups in total. The number of pyridine rings is 1. The maximum Gasteiger partial charge on any atom is 0.241 e. The molecular weight excluding hydrogens is 276 g/mol. The minimum absolute atomic E-state index is 0.0506. The molecule has 0 unspecified atom stereocenters. The lowest BCUT2D eigenvalue weighted by molar-refractivity contribution is 0.0857. The van der Waals surface area contributed by atoms with Gasteiger partial charge in [0.2, 0.25) is 10.0 Å². The molecule has 6 heteroatoms. The van der Waals surface area contributed by atoms with Gasteiger partial charge >= 0.3 is 0 Å². The first-order chi connectivity index (χ1) is 9.21. The fourth-order valence-corrected chi connectivity index (χ4v) is 3.27. The Bertz CT molecular complexity index is 734. The van der Waals surface area contributed by atoms with Crippen molar-refractivity contribution < 1.29 is 13.5 Å². The maximum atomic E-state index is 12.4. The van der Waals surface area contributed by atoms with Gasteiger partial charge in [0.15, 0.2) is 0 Å². The lowest BCUT2D eigenvalue weighted by Crippen LogP contribution is -2.38. The molecule has 0 fully saturated rings. The Morgan fingerprint density at radius 3 is 2.65 bits per heavy atom. The van der Waals surface area contributed by atoms with Crippen LogP contribution in [0, 0.1) is 6.92 Å². The van der Waals surface area contributed by atoms with Gasteiger partial charge in [0.1, 0.15) is 0 Å². The van der Waals surface area contributed by atoms with Crippen molar-refractivity contribution in [3.8, 4) is 0 Å². The van der Waals surface area contributed by atoms with E-state index in [2.05, 4.69) is 9.71 Å². The highest BCUT2D eigenvalue weighted by atomic mass is 32.2. The predicted octanol–water partition coefficient (Wildman–Crippen LogP) is 1.59. The third-order valence-corrected chi connectivity index (χ3v) is 4.38. The van der Waals surface area contributed by atoms with Crippen LogP contribution in [-0.2, 0) is 10.0 Å². The molecule has 0 atom stereocenters. The lowest BCUT2D eigenvalue weighted by Gasteiger charge is -2.18. The van der Waals surface area contributed by atoms with E-state index in [1.165, 1.54) is 0 Å². The standard InChI is InChI=1S/C14H18N2O3S/c1-10-6-7-12(11-5-4-8-15-13(10)11)20(18,19)16-9-14(2,3)17/h4-8,16-17H,9H2,1-3H3. The van der Waals surface area contributed by atoms with Crippen LogP contribution in [0.3, 0.4) is 0 Å². The van der Waals surface area contributed by atoms with E-state index >= 15 is 0 Å². The van der Waals surface area contributed by atoms with Gasteiger partial charge in [-0.15, -0.1) is 0 Å². The zero-order valence-corrected chi connectivity index (χ0v) is 12.5. The van der Waals surface area contributed by atoms with Crippen LogP contribution in [-0.4, -0.2) is 30.7 Å². The summed E-state index contributed by atoms with van der Waals surface area (Å²) in [6.45, 7) is 4.93. The van der Waals surface area contributed by atoms with E-state index in [0.717, 1.165) is 5.56 Å². The second-order valence-corrected chi connectivity index (χ2v) is 7.15. The van der Waals surface area contributed by atoms with E-state index in [1.807, 2.05) is 6.92 Å². The summed E-state index contributed by atoms with van der Waals surface area (Å²) in [6, 6.07) is 6.73. The first-order valence-electron chi connectivity index (χ1n) is 6.27. The zero-order valence-electron chi connectivity index (χ0n) is 11.7. The van der Waals surface area contributed by atoms with Crippen LogP contribution in [0.5, 0.6) is 0 Å². The van der Waals surface area contributed by atoms with Crippen molar-refractivity contribution in [2.24, 2.45) is 0 Å². The van der Waals surface area contributed by atoms with E-state index in [1.54, 1.807) is 44.3 Å². The number of rotatable bonds is 4. The monoisotopic (exact) mass is 294 g/mol. The third kappa shape index (κ3) is 3.15. The van der Waals surface area contributed by atoms with Crippen molar-refractivity contribution in [3.05, 3.63) is 36.0 Å². The molecule has 2 aromatic rings. The van der Waals surface area contributed by atoms with Crippen LogP contribution in [0.4, 0.5) is 0 Å². The van der Waals surface area contributed by atoms with Gasteiger partial charge in [-0.05, 0) is 44.5 Å². The summed E-state index contributed by atoms with van der Waals surface area (Å²) in [6.07, 6.45) is 1.63. The Labute approximate surface area is 118 Å². The summed E-state index contributed by atoms with van der Waals surface area (Å²) in [5.41, 5.74) is 0.479. The molecule has 5 nitrogen and oxygen atoms in total. The van der Waals surface area contributed by atoms with Gasteiger partial charge in [-0.1, -0.05) is 6.07 Å². The quantitative estimate of drug-likeness (QED) is 0.897. The van der Waals surface area contributed by atoms with Crippen LogP contribution in [0.25, 0.3) is 10.9 Å². The molecule has 0 saturated carbocycles. The number of aromatic nitrogens is 1. The number of sulfonamides is 1. The summed E-state index contributed by atoms with van der Waals surface area (Å²) in [4.78, 5) is 4.40. The molecule has 2 rings (SSSR count). The molecule has 0 bridgehead atoms. The Morgan fingerprint density at radius 2 is 2.00 bits per heavy atom. The van der Waals surface area contributed by atoms with Crippen LogP contribution in [0.15, 0.2) is 35.4 Å². The summed E-state index contributed by atoms with van der Waals surface area (Å²) >= 11 is 0. The molecule has 1 aromatic carbocycles. The minimum atomic E-state index is -3.69. The van der Waals surface area contributed by atoms with Gasteiger partial charge in [-0.3, -0.25) is 4.98 Å². The maximum absolute atomic E-state index is 12.4. The van der Waals surface area contributed by atoms with Crippen LogP contribution < -0.4 is 4.72 Å². The lowest BCUT2D eigenvalue weighted by atomic mass is 10.1. The highest BCUT2D eigenvalue weighted by molar-refractivity contribution is 7.89. The zero-order chi connectivity index (χ0) is 15.0. The molecule has 1 aromatic heterocycles. The first-order valence-corrected chi connectivity index (χ1v) is 7.75. The molecule has 108 valence electrons. The molecule has 0 spiro atoms. The molecule has 0 aliphatic rings. The molecule has 1 heterocycles. The normalized spacial score (nSPS) is 12.8. The largest absolute Gasteiger partial charge is 0.389 e. The van der Waals surface area contributed by atoms with Crippen molar-refractivity contribution in [2.45, 2.75) is 31.3 Å². The number of hydrogen-bond donors (Lipinski definition) is 2. The summed E-state index contributed by atoms with van der Waals surface area (Å²) in [7, 11) is -3.69. The Balaban J connectivity index is 2.50. The van der Waals surface area contributed by atoms with Gasteiger partial charge < -0.3 is 5.11 Å². The first kappa shape index (κ1) is 14.9. The highest BCUT2D eigenvalue weighted by Gasteiger charge is 2.22. The molecule has 0 amide bonds. The number of nitrogens with zero attached hydrogens (tertiary/aromatic N) is 1. The van der Waals surface area contributed by atoms with Gasteiger partial charge in [0.25, 0.3) is 0 Å². The average molecular weight is 294 g/mol. The molecule has 0 aliphatic heterocycles. The second kappa shape index (κ2) is 5.12. The molecule has 0 radical (unpaired) electrons. The molecule has 0 saturated heterocycles. The van der Waals surface area contributed by atoms with Crippen molar-refractivity contribution in [2.75, 3.05) is 6.54 Å². The van der Waals surface area contributed by atoms with E-state index in [0.29, 0.717) is 10.9 Å². The van der Waals surface area contributed by atoms with Gasteiger partial charge in [-0.2, -0.15) is 0 Å². The Morgan fingerprint density at radius 1 is 1.30 bits per heavy atom. The smallest absolute Gasteiger partial charge is 0.241 e. The highest BCUT2D eigenvalue weighted by Crippen LogP contribution is 2.24. The van der Waals surface area contributed by atoms with Gasteiger partial charge in [0.05, 0.1) is 16.0 Å². The Hall–Kier alpha value is -1.50. The molecule has 20 heavy (non-hydrogen) atoms. The second-order valence-electron chi connectivity index (χ2n) is 5.42. The predicted molar refractivity (Wildman–Crippen MR) is 78.0 cm³/mol. The van der Waals surface area contributed by atoms with E-state index in [9.17, 15) is 13.5 Å².